The van der Waals surface area contributed by atoms with Crippen LogP contribution in [0.5, 0.6) is 11.5 Å². The molecule has 2 amide bonds. The van der Waals surface area contributed by atoms with Gasteiger partial charge in [0.2, 0.25) is 11.8 Å². The molecule has 0 radical (unpaired) electrons. The SMILES string of the molecule is COc1ccc(N(CCc2ccc(C(F)(F)F)cc2)C(=O)C(C(=O)NC2CCCC2)c2ccccc2)cc1OC. The van der Waals surface area contributed by atoms with Crippen LogP contribution >= 0.6 is 0 Å². The summed E-state index contributed by atoms with van der Waals surface area (Å²) in [4.78, 5) is 29.4. The monoisotopic (exact) mass is 554 g/mol. The topological polar surface area (TPSA) is 67.9 Å². The van der Waals surface area contributed by atoms with Gasteiger partial charge >= 0.3 is 6.18 Å². The van der Waals surface area contributed by atoms with Gasteiger partial charge in [-0.05, 0) is 54.7 Å². The summed E-state index contributed by atoms with van der Waals surface area (Å²) in [5.41, 5.74) is 0.918. The summed E-state index contributed by atoms with van der Waals surface area (Å²) in [5.74, 6) is -1.05. The number of benzene rings is 3. The van der Waals surface area contributed by atoms with E-state index in [1.54, 1.807) is 42.5 Å². The zero-order valence-electron chi connectivity index (χ0n) is 22.5. The van der Waals surface area contributed by atoms with Crippen LogP contribution in [0.1, 0.15) is 48.3 Å². The molecular weight excluding hydrogens is 521 g/mol. The summed E-state index contributed by atoms with van der Waals surface area (Å²) in [6.07, 6.45) is -0.372. The Bertz CT molecular complexity index is 1290. The van der Waals surface area contributed by atoms with E-state index in [1.807, 2.05) is 6.07 Å². The fraction of sp³-hybridized carbons (Fsp3) is 0.355. The van der Waals surface area contributed by atoms with Crippen LogP contribution in [0.4, 0.5) is 18.9 Å². The average Bonchev–Trinajstić information content (AvgIpc) is 3.46. The quantitative estimate of drug-likeness (QED) is 0.306. The zero-order valence-corrected chi connectivity index (χ0v) is 22.5. The van der Waals surface area contributed by atoms with E-state index in [-0.39, 0.29) is 24.9 Å². The summed E-state index contributed by atoms with van der Waals surface area (Å²) in [7, 11) is 2.99. The number of rotatable bonds is 10. The zero-order chi connectivity index (χ0) is 28.7. The molecule has 0 spiro atoms. The molecule has 0 heterocycles. The van der Waals surface area contributed by atoms with Gasteiger partial charge in [-0.1, -0.05) is 55.3 Å². The Balaban J connectivity index is 1.68. The van der Waals surface area contributed by atoms with E-state index < -0.39 is 23.6 Å². The van der Waals surface area contributed by atoms with Gasteiger partial charge in [0.1, 0.15) is 5.92 Å². The van der Waals surface area contributed by atoms with E-state index in [9.17, 15) is 22.8 Å². The van der Waals surface area contributed by atoms with Crippen molar-refractivity contribution >= 4 is 17.5 Å². The predicted molar refractivity (Wildman–Crippen MR) is 147 cm³/mol. The van der Waals surface area contributed by atoms with Crippen molar-refractivity contribution in [2.45, 2.75) is 50.2 Å². The minimum atomic E-state index is -4.43. The van der Waals surface area contributed by atoms with Crippen molar-refractivity contribution in [1.82, 2.24) is 5.32 Å². The first-order chi connectivity index (χ1) is 19.2. The highest BCUT2D eigenvalue weighted by molar-refractivity contribution is 6.12. The van der Waals surface area contributed by atoms with Crippen molar-refractivity contribution in [3.8, 4) is 11.5 Å². The van der Waals surface area contributed by atoms with E-state index in [0.29, 0.717) is 28.3 Å². The lowest BCUT2D eigenvalue weighted by Crippen LogP contribution is -2.45. The molecule has 1 saturated carbocycles. The van der Waals surface area contributed by atoms with Crippen molar-refractivity contribution in [2.24, 2.45) is 0 Å². The minimum absolute atomic E-state index is 0.0215. The summed E-state index contributed by atoms with van der Waals surface area (Å²) in [5, 5.41) is 3.06. The van der Waals surface area contributed by atoms with Gasteiger partial charge in [0.05, 0.1) is 19.8 Å². The van der Waals surface area contributed by atoms with Gasteiger partial charge in [-0.25, -0.2) is 0 Å². The first-order valence-corrected chi connectivity index (χ1v) is 13.3. The highest BCUT2D eigenvalue weighted by atomic mass is 19.4. The molecule has 0 aromatic heterocycles. The van der Waals surface area contributed by atoms with E-state index in [1.165, 1.54) is 31.3 Å². The number of hydrogen-bond donors (Lipinski definition) is 1. The molecule has 1 aliphatic carbocycles. The number of halogens is 3. The summed E-state index contributed by atoms with van der Waals surface area (Å²) >= 11 is 0. The number of nitrogens with one attached hydrogen (secondary N) is 1. The summed E-state index contributed by atoms with van der Waals surface area (Å²) in [6, 6.07) is 18.8. The van der Waals surface area contributed by atoms with Crippen molar-refractivity contribution in [1.29, 1.82) is 0 Å². The van der Waals surface area contributed by atoms with E-state index >= 15 is 0 Å². The molecule has 3 aromatic rings. The van der Waals surface area contributed by atoms with Crippen LogP contribution in [0.2, 0.25) is 0 Å². The maximum atomic E-state index is 14.3. The molecule has 40 heavy (non-hydrogen) atoms. The van der Waals surface area contributed by atoms with Gasteiger partial charge in [-0.2, -0.15) is 13.2 Å². The highest BCUT2D eigenvalue weighted by Gasteiger charge is 2.35. The Kier molecular flexibility index (Phi) is 9.34. The Morgan fingerprint density at radius 3 is 2.17 bits per heavy atom. The second-order valence-corrected chi connectivity index (χ2v) is 9.81. The molecule has 1 fully saturated rings. The molecule has 1 atom stereocenters. The lowest BCUT2D eigenvalue weighted by molar-refractivity contribution is -0.137. The summed E-state index contributed by atoms with van der Waals surface area (Å²) in [6.45, 7) is 0.125. The standard InChI is InChI=1S/C31H33F3N2O4/c1-39-26-17-16-25(20-27(26)40-2)36(19-18-21-12-14-23(15-13-21)31(32,33)34)30(38)28(22-8-4-3-5-9-22)29(37)35-24-10-6-7-11-24/h3-5,8-9,12-17,20,24,28H,6-7,10-11,18-19H2,1-2H3,(H,35,37). The lowest BCUT2D eigenvalue weighted by atomic mass is 9.95. The normalized spacial score (nSPS) is 14.4. The van der Waals surface area contributed by atoms with Gasteiger partial charge < -0.3 is 19.7 Å². The average molecular weight is 555 g/mol. The molecule has 0 bridgehead atoms. The number of alkyl halides is 3. The predicted octanol–water partition coefficient (Wildman–Crippen LogP) is 6.14. The largest absolute Gasteiger partial charge is 0.493 e. The van der Waals surface area contributed by atoms with E-state index in [2.05, 4.69) is 5.32 Å². The maximum absolute atomic E-state index is 14.3. The summed E-state index contributed by atoms with van der Waals surface area (Å²) < 4.78 is 49.9. The Hall–Kier alpha value is -4.01. The fourth-order valence-electron chi connectivity index (χ4n) is 5.02. The molecular formula is C31H33F3N2O4. The van der Waals surface area contributed by atoms with E-state index in [4.69, 9.17) is 9.47 Å². The molecule has 0 saturated heterocycles. The lowest BCUT2D eigenvalue weighted by Gasteiger charge is -2.29. The Labute approximate surface area is 232 Å². The molecule has 9 heteroatoms. The van der Waals surface area contributed by atoms with Crippen LogP contribution in [-0.4, -0.2) is 38.6 Å². The molecule has 1 unspecified atom stereocenters. The Morgan fingerprint density at radius 2 is 1.57 bits per heavy atom. The van der Waals surface area contributed by atoms with Crippen molar-refractivity contribution in [3.63, 3.8) is 0 Å². The third-order valence-electron chi connectivity index (χ3n) is 7.19. The Morgan fingerprint density at radius 1 is 0.925 bits per heavy atom. The van der Waals surface area contributed by atoms with Crippen LogP contribution in [0.25, 0.3) is 0 Å². The number of carbonyl (C=O) groups excluding carboxylic acids is 2. The van der Waals surface area contributed by atoms with Gasteiger partial charge in [0.25, 0.3) is 0 Å². The van der Waals surface area contributed by atoms with Gasteiger partial charge in [-0.3, -0.25) is 9.59 Å². The number of ether oxygens (including phenoxy) is 2. The minimum Gasteiger partial charge on any atom is -0.493 e. The molecule has 6 nitrogen and oxygen atoms in total. The van der Waals surface area contributed by atoms with E-state index in [0.717, 1.165) is 37.8 Å². The third-order valence-corrected chi connectivity index (χ3v) is 7.19. The van der Waals surface area contributed by atoms with Crippen molar-refractivity contribution in [3.05, 3.63) is 89.5 Å². The molecule has 4 rings (SSSR count). The number of hydrogen-bond acceptors (Lipinski definition) is 4. The van der Waals surface area contributed by atoms with Crippen molar-refractivity contribution < 1.29 is 32.2 Å². The first kappa shape index (κ1) is 29.0. The second-order valence-electron chi connectivity index (χ2n) is 9.81. The van der Waals surface area contributed by atoms with Crippen LogP contribution in [0.15, 0.2) is 72.8 Å². The van der Waals surface area contributed by atoms with Gasteiger partial charge in [0, 0.05) is 24.3 Å². The number of amides is 2. The van der Waals surface area contributed by atoms with Crippen LogP contribution in [0.3, 0.4) is 0 Å². The number of methoxy groups -OCH3 is 2. The van der Waals surface area contributed by atoms with Crippen LogP contribution in [-0.2, 0) is 22.2 Å². The second kappa shape index (κ2) is 12.9. The highest BCUT2D eigenvalue weighted by Crippen LogP contribution is 2.34. The molecule has 1 N–H and O–H groups in total. The first-order valence-electron chi connectivity index (χ1n) is 13.3. The molecule has 3 aromatic carbocycles. The van der Waals surface area contributed by atoms with Crippen LogP contribution in [0, 0.1) is 0 Å². The van der Waals surface area contributed by atoms with Crippen molar-refractivity contribution in [2.75, 3.05) is 25.7 Å². The number of carbonyl (C=O) groups is 2. The van der Waals surface area contributed by atoms with Gasteiger partial charge in [0.15, 0.2) is 11.5 Å². The number of anilines is 1. The van der Waals surface area contributed by atoms with Crippen LogP contribution < -0.4 is 19.7 Å². The molecule has 1 aliphatic rings. The van der Waals surface area contributed by atoms with Gasteiger partial charge in [-0.15, -0.1) is 0 Å². The third kappa shape index (κ3) is 6.94. The molecule has 0 aliphatic heterocycles. The maximum Gasteiger partial charge on any atom is 0.416 e. The smallest absolute Gasteiger partial charge is 0.416 e. The fourth-order valence-corrected chi connectivity index (χ4v) is 5.02. The molecule has 212 valence electrons. The number of nitrogens with zero attached hydrogens (tertiary/aromatic N) is 1.